The lowest BCUT2D eigenvalue weighted by molar-refractivity contribution is -0.231. The van der Waals surface area contributed by atoms with Gasteiger partial charge in [-0.2, -0.15) is 0 Å². The molecule has 0 unspecified atom stereocenters. The van der Waals surface area contributed by atoms with Gasteiger partial charge in [-0.1, -0.05) is 12.1 Å². The minimum atomic E-state index is -1.43. The van der Waals surface area contributed by atoms with E-state index in [1.807, 2.05) is 0 Å². The second-order valence-electron chi connectivity index (χ2n) is 4.86. The van der Waals surface area contributed by atoms with Gasteiger partial charge < -0.3 is 29.9 Å². The minimum Gasteiger partial charge on any atom is -0.491 e. The molecule has 7 heteroatoms. The highest BCUT2D eigenvalue weighted by Crippen LogP contribution is 2.33. The Hall–Kier alpha value is -1.25. The Morgan fingerprint density at radius 1 is 1.14 bits per heavy atom. The molecular weight excluding hydrogens is 283 g/mol. The van der Waals surface area contributed by atoms with Crippen LogP contribution in [0.3, 0.4) is 0 Å². The average Bonchev–Trinajstić information content (AvgIpc) is 2.51. The van der Waals surface area contributed by atoms with Crippen LogP contribution in [0, 0.1) is 0 Å². The summed E-state index contributed by atoms with van der Waals surface area (Å²) in [5.74, 6) is 0.405. The summed E-state index contributed by atoms with van der Waals surface area (Å²) in [6.07, 6.45) is -6.07. The maximum absolute atomic E-state index is 12.1. The number of halogens is 1. The van der Waals surface area contributed by atoms with Crippen molar-refractivity contribution in [3.63, 3.8) is 0 Å². The van der Waals surface area contributed by atoms with Crippen LogP contribution < -0.4 is 4.74 Å². The summed E-state index contributed by atoms with van der Waals surface area (Å²) in [5.41, 5.74) is 0.503. The third kappa shape index (κ3) is 3.50. The monoisotopic (exact) mass is 302 g/mol. The molecule has 0 bridgehead atoms. The predicted molar refractivity (Wildman–Crippen MR) is 70.6 cm³/mol. The molecule has 1 fully saturated rings. The van der Waals surface area contributed by atoms with E-state index in [0.717, 1.165) is 0 Å². The number of alkyl halides is 1. The molecule has 6 nitrogen and oxygen atoms in total. The largest absolute Gasteiger partial charge is 0.491 e. The van der Waals surface area contributed by atoms with Crippen LogP contribution in [0.2, 0.25) is 0 Å². The van der Waals surface area contributed by atoms with Crippen molar-refractivity contribution >= 4 is 0 Å². The van der Waals surface area contributed by atoms with E-state index in [0.29, 0.717) is 11.3 Å². The van der Waals surface area contributed by atoms with Crippen LogP contribution in [0.15, 0.2) is 24.3 Å². The maximum atomic E-state index is 12.1. The molecule has 21 heavy (non-hydrogen) atoms. The Balaban J connectivity index is 2.19. The number of benzene rings is 1. The molecule has 1 aliphatic heterocycles. The van der Waals surface area contributed by atoms with E-state index in [2.05, 4.69) is 0 Å². The summed E-state index contributed by atoms with van der Waals surface area (Å²) in [6.45, 7) is -1.19. The van der Waals surface area contributed by atoms with Crippen molar-refractivity contribution in [2.24, 2.45) is 0 Å². The Bertz CT molecular complexity index is 455. The number of hydrogen-bond acceptors (Lipinski definition) is 6. The molecule has 1 aromatic rings. The van der Waals surface area contributed by atoms with Gasteiger partial charge in [-0.3, -0.25) is 0 Å². The third-order valence-corrected chi connectivity index (χ3v) is 3.42. The van der Waals surface area contributed by atoms with Gasteiger partial charge in [0.05, 0.1) is 6.61 Å². The number of aliphatic hydroxyl groups is 4. The van der Waals surface area contributed by atoms with Gasteiger partial charge in [0.25, 0.3) is 0 Å². The summed E-state index contributed by atoms with van der Waals surface area (Å²) >= 11 is 0. The standard InChI is InChI=1S/C14H19FO6/c15-4-5-20-9-3-1-2-8(6-9)14-13(19)12(18)11(17)10(7-16)21-14/h1-3,6,10-14,16-19H,4-5,7H2/t10-,11-,12+,13+,14-/m1/s1. The lowest BCUT2D eigenvalue weighted by Crippen LogP contribution is -2.55. The van der Waals surface area contributed by atoms with Gasteiger partial charge in [-0.15, -0.1) is 0 Å². The van der Waals surface area contributed by atoms with Crippen LogP contribution in [0.5, 0.6) is 5.75 Å². The van der Waals surface area contributed by atoms with Crippen LogP contribution in [0.4, 0.5) is 4.39 Å². The lowest BCUT2D eigenvalue weighted by Gasteiger charge is -2.40. The summed E-state index contributed by atoms with van der Waals surface area (Å²) in [7, 11) is 0. The summed E-state index contributed by atoms with van der Waals surface area (Å²) in [6, 6.07) is 6.48. The van der Waals surface area contributed by atoms with Crippen LogP contribution >= 0.6 is 0 Å². The smallest absolute Gasteiger partial charge is 0.123 e. The molecule has 1 aromatic carbocycles. The van der Waals surface area contributed by atoms with Crippen molar-refractivity contribution in [1.29, 1.82) is 0 Å². The minimum absolute atomic E-state index is 0.0852. The highest BCUT2D eigenvalue weighted by atomic mass is 19.1. The van der Waals surface area contributed by atoms with Crippen molar-refractivity contribution in [3.05, 3.63) is 29.8 Å². The first-order valence-electron chi connectivity index (χ1n) is 6.67. The second kappa shape index (κ2) is 7.15. The zero-order chi connectivity index (χ0) is 15.4. The third-order valence-electron chi connectivity index (χ3n) is 3.42. The van der Waals surface area contributed by atoms with Crippen LogP contribution in [0.25, 0.3) is 0 Å². The van der Waals surface area contributed by atoms with Gasteiger partial charge in [0.2, 0.25) is 0 Å². The summed E-state index contributed by atoms with van der Waals surface area (Å²) in [5, 5.41) is 38.7. The number of hydrogen-bond donors (Lipinski definition) is 4. The maximum Gasteiger partial charge on any atom is 0.123 e. The van der Waals surface area contributed by atoms with Crippen molar-refractivity contribution < 1.29 is 34.3 Å². The molecule has 1 aliphatic rings. The molecule has 0 aliphatic carbocycles. The first kappa shape index (κ1) is 16.1. The zero-order valence-corrected chi connectivity index (χ0v) is 11.3. The number of ether oxygens (including phenoxy) is 2. The Morgan fingerprint density at radius 3 is 2.57 bits per heavy atom. The molecule has 0 aromatic heterocycles. The van der Waals surface area contributed by atoms with Crippen LogP contribution in [-0.2, 0) is 4.74 Å². The quantitative estimate of drug-likeness (QED) is 0.588. The van der Waals surface area contributed by atoms with E-state index < -0.39 is 43.8 Å². The molecule has 1 heterocycles. The van der Waals surface area contributed by atoms with Crippen LogP contribution in [0.1, 0.15) is 11.7 Å². The fraction of sp³-hybridized carbons (Fsp3) is 0.571. The predicted octanol–water partition coefficient (Wildman–Crippen LogP) is -0.450. The van der Waals surface area contributed by atoms with Gasteiger partial charge >= 0.3 is 0 Å². The van der Waals surface area contributed by atoms with Gasteiger partial charge in [0, 0.05) is 0 Å². The molecule has 4 N–H and O–H groups in total. The fourth-order valence-electron chi connectivity index (χ4n) is 2.31. The number of rotatable bonds is 5. The van der Waals surface area contributed by atoms with Crippen molar-refractivity contribution in [1.82, 2.24) is 0 Å². The van der Waals surface area contributed by atoms with E-state index in [1.54, 1.807) is 24.3 Å². The van der Waals surface area contributed by atoms with Crippen LogP contribution in [-0.4, -0.2) is 64.7 Å². The molecule has 0 radical (unpaired) electrons. The molecule has 0 spiro atoms. The number of aliphatic hydroxyl groups excluding tert-OH is 4. The second-order valence-corrected chi connectivity index (χ2v) is 4.86. The van der Waals surface area contributed by atoms with Crippen molar-refractivity contribution in [2.75, 3.05) is 19.9 Å². The van der Waals surface area contributed by atoms with E-state index >= 15 is 0 Å². The Labute approximate surface area is 121 Å². The van der Waals surface area contributed by atoms with Gasteiger partial charge in [-0.25, -0.2) is 4.39 Å². The van der Waals surface area contributed by atoms with Crippen molar-refractivity contribution in [2.45, 2.75) is 30.5 Å². The van der Waals surface area contributed by atoms with Gasteiger partial charge in [-0.05, 0) is 17.7 Å². The van der Waals surface area contributed by atoms with E-state index in [9.17, 15) is 19.7 Å². The molecule has 2 rings (SSSR count). The molecule has 118 valence electrons. The molecular formula is C14H19FO6. The van der Waals surface area contributed by atoms with Gasteiger partial charge in [0.15, 0.2) is 0 Å². The highest BCUT2D eigenvalue weighted by Gasteiger charge is 2.43. The topological polar surface area (TPSA) is 99.4 Å². The van der Waals surface area contributed by atoms with E-state index in [-0.39, 0.29) is 6.61 Å². The fourth-order valence-corrected chi connectivity index (χ4v) is 2.31. The Morgan fingerprint density at radius 2 is 1.90 bits per heavy atom. The summed E-state index contributed by atoms with van der Waals surface area (Å²) in [4.78, 5) is 0. The molecule has 0 saturated carbocycles. The molecule has 5 atom stereocenters. The first-order valence-corrected chi connectivity index (χ1v) is 6.67. The lowest BCUT2D eigenvalue weighted by atomic mass is 9.91. The molecule has 0 amide bonds. The van der Waals surface area contributed by atoms with Crippen molar-refractivity contribution in [3.8, 4) is 5.75 Å². The summed E-state index contributed by atoms with van der Waals surface area (Å²) < 4.78 is 22.7. The van der Waals surface area contributed by atoms with Gasteiger partial charge in [0.1, 0.15) is 49.6 Å². The molecule has 1 saturated heterocycles. The SMILES string of the molecule is OC[C@H]1O[C@H](c2cccc(OCCF)c2)[C@@H](O)[C@@H](O)[C@@H]1O. The zero-order valence-electron chi connectivity index (χ0n) is 11.3. The normalized spacial score (nSPS) is 32.9. The van der Waals surface area contributed by atoms with E-state index in [4.69, 9.17) is 14.6 Å². The van der Waals surface area contributed by atoms with E-state index in [1.165, 1.54) is 0 Å². The first-order chi connectivity index (χ1) is 10.1. The highest BCUT2D eigenvalue weighted by molar-refractivity contribution is 5.31. The Kier molecular flexibility index (Phi) is 5.49. The average molecular weight is 302 g/mol.